The molecule has 0 saturated heterocycles. The molecular formula is C18H15NO4. The largest absolute Gasteiger partial charge is 0.454 e. The molecule has 1 unspecified atom stereocenters. The van der Waals surface area contributed by atoms with Gasteiger partial charge in [-0.1, -0.05) is 24.3 Å². The van der Waals surface area contributed by atoms with Gasteiger partial charge in [-0.3, -0.25) is 10.1 Å². The van der Waals surface area contributed by atoms with Crippen molar-refractivity contribution in [2.45, 2.75) is 25.2 Å². The first-order valence-electron chi connectivity index (χ1n) is 7.38. The normalized spacial score (nSPS) is 23.2. The molecule has 0 amide bonds. The number of hydrogen-bond acceptors (Lipinski definition) is 4. The van der Waals surface area contributed by atoms with Crippen molar-refractivity contribution in [3.63, 3.8) is 0 Å². The number of nitrogens with zero attached hydrogens (tertiary/aromatic N) is 1. The van der Waals surface area contributed by atoms with Gasteiger partial charge in [0.05, 0.1) is 10.5 Å². The number of benzene rings is 2. The van der Waals surface area contributed by atoms with E-state index in [4.69, 9.17) is 9.47 Å². The molecule has 0 bridgehead atoms. The van der Waals surface area contributed by atoms with Gasteiger partial charge in [0.2, 0.25) is 0 Å². The minimum absolute atomic E-state index is 0.0426. The number of nitro benzene ring substituents is 1. The maximum absolute atomic E-state index is 10.9. The van der Waals surface area contributed by atoms with Crippen LogP contribution in [0.2, 0.25) is 0 Å². The summed E-state index contributed by atoms with van der Waals surface area (Å²) in [6, 6.07) is 12.5. The number of rotatable bonds is 1. The number of nitro groups is 1. The van der Waals surface area contributed by atoms with Crippen LogP contribution in [0.1, 0.15) is 30.5 Å². The van der Waals surface area contributed by atoms with Gasteiger partial charge in [0.15, 0.2) is 0 Å². The van der Waals surface area contributed by atoms with Crippen molar-refractivity contribution in [1.82, 2.24) is 0 Å². The highest BCUT2D eigenvalue weighted by molar-refractivity contribution is 5.65. The van der Waals surface area contributed by atoms with Gasteiger partial charge in [-0.2, -0.15) is 0 Å². The van der Waals surface area contributed by atoms with E-state index >= 15 is 0 Å². The second-order valence-corrected chi connectivity index (χ2v) is 6.24. The summed E-state index contributed by atoms with van der Waals surface area (Å²) in [5.41, 5.74) is 2.29. The van der Waals surface area contributed by atoms with Gasteiger partial charge in [-0.25, -0.2) is 0 Å². The lowest BCUT2D eigenvalue weighted by molar-refractivity contribution is -0.384. The summed E-state index contributed by atoms with van der Waals surface area (Å²) in [5.74, 6) is -0.408. The lowest BCUT2D eigenvalue weighted by Gasteiger charge is -2.33. The Kier molecular flexibility index (Phi) is 2.69. The van der Waals surface area contributed by atoms with E-state index in [9.17, 15) is 10.1 Å². The van der Waals surface area contributed by atoms with Crippen LogP contribution in [-0.4, -0.2) is 4.92 Å². The van der Waals surface area contributed by atoms with E-state index in [0.717, 1.165) is 11.1 Å². The van der Waals surface area contributed by atoms with Gasteiger partial charge >= 0.3 is 0 Å². The number of hydrogen-bond donors (Lipinski definition) is 0. The Hall–Kier alpha value is -2.66. The van der Waals surface area contributed by atoms with Crippen molar-refractivity contribution in [1.29, 1.82) is 0 Å². The Labute approximate surface area is 133 Å². The van der Waals surface area contributed by atoms with E-state index < -0.39 is 16.3 Å². The molecule has 5 nitrogen and oxygen atoms in total. The molecule has 1 atom stereocenters. The first-order valence-corrected chi connectivity index (χ1v) is 7.38. The highest BCUT2D eigenvalue weighted by atomic mass is 16.7. The van der Waals surface area contributed by atoms with Gasteiger partial charge in [0.25, 0.3) is 11.5 Å². The Bertz CT molecular complexity index is 856. The molecule has 0 radical (unpaired) electrons. The summed E-state index contributed by atoms with van der Waals surface area (Å²) in [5, 5.41) is 10.9. The molecular weight excluding hydrogens is 294 g/mol. The van der Waals surface area contributed by atoms with Crippen LogP contribution in [0.15, 0.2) is 48.5 Å². The van der Waals surface area contributed by atoms with Gasteiger partial charge in [0, 0.05) is 23.3 Å². The molecule has 5 heteroatoms. The second-order valence-electron chi connectivity index (χ2n) is 6.24. The lowest BCUT2D eigenvalue weighted by Crippen LogP contribution is -2.34. The molecule has 2 heterocycles. The fourth-order valence-electron chi connectivity index (χ4n) is 3.27. The molecule has 0 fully saturated rings. The zero-order valence-electron chi connectivity index (χ0n) is 12.8. The van der Waals surface area contributed by atoms with E-state index in [1.807, 2.05) is 50.3 Å². The average molecular weight is 309 g/mol. The van der Waals surface area contributed by atoms with Crippen LogP contribution in [0.5, 0.6) is 5.75 Å². The minimum Gasteiger partial charge on any atom is -0.454 e. The maximum Gasteiger partial charge on any atom is 0.270 e. The Balaban J connectivity index is 1.82. The van der Waals surface area contributed by atoms with Crippen molar-refractivity contribution in [3.8, 4) is 5.75 Å². The van der Waals surface area contributed by atoms with Crippen molar-refractivity contribution >= 4 is 11.8 Å². The Morgan fingerprint density at radius 1 is 1.09 bits per heavy atom. The number of non-ortho nitro benzene ring substituents is 1. The molecule has 0 N–H and O–H groups in total. The summed E-state index contributed by atoms with van der Waals surface area (Å²) >= 11 is 0. The Morgan fingerprint density at radius 2 is 1.83 bits per heavy atom. The third-order valence-corrected chi connectivity index (χ3v) is 4.31. The molecule has 4 rings (SSSR count). The quantitative estimate of drug-likeness (QED) is 0.587. The highest BCUT2D eigenvalue weighted by Crippen LogP contribution is 2.51. The second kappa shape index (κ2) is 4.43. The van der Waals surface area contributed by atoms with E-state index in [0.29, 0.717) is 11.3 Å². The topological polar surface area (TPSA) is 61.6 Å². The van der Waals surface area contributed by atoms with E-state index in [1.54, 1.807) is 6.07 Å². The SMILES string of the molecule is CC1(C)OC2(C=Cc3cc([N+](=O)[O-])ccc3O2)c2ccccc21. The zero-order valence-corrected chi connectivity index (χ0v) is 12.8. The third kappa shape index (κ3) is 1.97. The summed E-state index contributed by atoms with van der Waals surface area (Å²) in [4.78, 5) is 10.5. The minimum atomic E-state index is -0.983. The number of fused-ring (bicyclic) bond motifs is 3. The van der Waals surface area contributed by atoms with E-state index in [1.165, 1.54) is 12.1 Å². The molecule has 2 aliphatic rings. The first-order chi connectivity index (χ1) is 10.9. The van der Waals surface area contributed by atoms with Crippen LogP contribution in [-0.2, 0) is 16.1 Å². The fourth-order valence-corrected chi connectivity index (χ4v) is 3.27. The molecule has 23 heavy (non-hydrogen) atoms. The molecule has 2 aliphatic heterocycles. The zero-order chi connectivity index (χ0) is 16.2. The first kappa shape index (κ1) is 14.0. The summed E-state index contributed by atoms with van der Waals surface area (Å²) in [7, 11) is 0. The van der Waals surface area contributed by atoms with Crippen LogP contribution in [0.25, 0.3) is 6.08 Å². The molecule has 0 aliphatic carbocycles. The van der Waals surface area contributed by atoms with Gasteiger partial charge in [0.1, 0.15) is 5.75 Å². The van der Waals surface area contributed by atoms with Crippen molar-refractivity contribution in [3.05, 3.63) is 75.3 Å². The lowest BCUT2D eigenvalue weighted by atomic mass is 9.92. The van der Waals surface area contributed by atoms with Crippen LogP contribution in [0.3, 0.4) is 0 Å². The molecule has 0 saturated carbocycles. The van der Waals surface area contributed by atoms with Gasteiger partial charge in [-0.15, -0.1) is 0 Å². The average Bonchev–Trinajstić information content (AvgIpc) is 2.75. The molecule has 1 spiro atoms. The van der Waals surface area contributed by atoms with Gasteiger partial charge < -0.3 is 9.47 Å². The highest BCUT2D eigenvalue weighted by Gasteiger charge is 2.50. The fraction of sp³-hybridized carbons (Fsp3) is 0.222. The van der Waals surface area contributed by atoms with Crippen molar-refractivity contribution < 1.29 is 14.4 Å². The van der Waals surface area contributed by atoms with Crippen LogP contribution in [0, 0.1) is 10.1 Å². The van der Waals surface area contributed by atoms with Crippen molar-refractivity contribution in [2.75, 3.05) is 0 Å². The van der Waals surface area contributed by atoms with Crippen molar-refractivity contribution in [2.24, 2.45) is 0 Å². The maximum atomic E-state index is 10.9. The third-order valence-electron chi connectivity index (χ3n) is 4.31. The molecule has 0 aromatic heterocycles. The Morgan fingerprint density at radius 3 is 2.57 bits per heavy atom. The van der Waals surface area contributed by atoms with Gasteiger partial charge in [-0.05, 0) is 37.6 Å². The summed E-state index contributed by atoms with van der Waals surface area (Å²) in [6.45, 7) is 4.01. The monoisotopic (exact) mass is 309 g/mol. The molecule has 2 aromatic rings. The predicted molar refractivity (Wildman–Crippen MR) is 85.0 cm³/mol. The smallest absolute Gasteiger partial charge is 0.270 e. The number of ether oxygens (including phenoxy) is 2. The summed E-state index contributed by atoms with van der Waals surface area (Å²) < 4.78 is 12.4. The van der Waals surface area contributed by atoms with Crippen LogP contribution in [0.4, 0.5) is 5.69 Å². The summed E-state index contributed by atoms with van der Waals surface area (Å²) in [6.07, 6.45) is 3.65. The van der Waals surface area contributed by atoms with Crippen LogP contribution < -0.4 is 4.74 Å². The van der Waals surface area contributed by atoms with E-state index in [2.05, 4.69) is 0 Å². The van der Waals surface area contributed by atoms with Crippen LogP contribution >= 0.6 is 0 Å². The molecule has 2 aromatic carbocycles. The predicted octanol–water partition coefficient (Wildman–Crippen LogP) is 4.12. The molecule has 116 valence electrons. The van der Waals surface area contributed by atoms with E-state index in [-0.39, 0.29) is 5.69 Å². The standard InChI is InChI=1S/C18H15NO4/c1-17(2)14-5-3-4-6-15(14)18(23-17)10-9-12-11-13(19(20)21)7-8-16(12)22-18/h3-11H,1-2H3.